The van der Waals surface area contributed by atoms with Crippen molar-refractivity contribution in [1.29, 1.82) is 0 Å². The molecule has 0 saturated heterocycles. The number of carbonyl (C=O) groups excluding carboxylic acids is 3. The van der Waals surface area contributed by atoms with Crippen molar-refractivity contribution in [2.75, 3.05) is 0 Å². The SMILES string of the molecule is O=C(/C=N/N1C(=O)c2ccccc2C1=O)c1ccc(Br)cc1. The first-order valence-electron chi connectivity index (χ1n) is 6.39. The molecular weight excluding hydrogens is 348 g/mol. The predicted octanol–water partition coefficient (Wildman–Crippen LogP) is 2.91. The molecule has 0 aromatic heterocycles. The standard InChI is InChI=1S/C16H9BrN2O3/c17-11-7-5-10(6-8-11)14(20)9-18-19-15(21)12-3-1-2-4-13(12)16(19)22/h1-9H/b18-9+. The molecule has 0 unspecified atom stereocenters. The molecule has 2 aromatic rings. The molecule has 0 bridgehead atoms. The Bertz CT molecular complexity index is 777. The Morgan fingerprint density at radius 1 is 0.955 bits per heavy atom. The zero-order valence-corrected chi connectivity index (χ0v) is 12.8. The molecule has 0 fully saturated rings. The van der Waals surface area contributed by atoms with Gasteiger partial charge in [0.25, 0.3) is 11.8 Å². The second-order valence-corrected chi connectivity index (χ2v) is 5.50. The maximum absolute atomic E-state index is 12.1. The van der Waals surface area contributed by atoms with E-state index in [4.69, 9.17) is 0 Å². The number of hydrogen-bond acceptors (Lipinski definition) is 4. The lowest BCUT2D eigenvalue weighted by Gasteiger charge is -2.05. The molecule has 2 amide bonds. The monoisotopic (exact) mass is 356 g/mol. The Hall–Kier alpha value is -2.60. The van der Waals surface area contributed by atoms with Crippen LogP contribution in [0.2, 0.25) is 0 Å². The molecule has 1 aliphatic rings. The molecule has 0 spiro atoms. The van der Waals surface area contributed by atoms with Crippen LogP contribution in [-0.4, -0.2) is 28.8 Å². The van der Waals surface area contributed by atoms with Crippen molar-refractivity contribution in [2.24, 2.45) is 5.10 Å². The lowest BCUT2D eigenvalue weighted by molar-refractivity contribution is 0.0660. The van der Waals surface area contributed by atoms with Gasteiger partial charge in [0, 0.05) is 10.0 Å². The first-order valence-corrected chi connectivity index (χ1v) is 7.19. The molecule has 1 heterocycles. The second-order valence-electron chi connectivity index (χ2n) is 4.58. The van der Waals surface area contributed by atoms with Crippen LogP contribution in [0.5, 0.6) is 0 Å². The van der Waals surface area contributed by atoms with Gasteiger partial charge in [-0.2, -0.15) is 10.1 Å². The molecule has 0 aliphatic carbocycles. The van der Waals surface area contributed by atoms with E-state index in [9.17, 15) is 14.4 Å². The third kappa shape index (κ3) is 2.48. The fraction of sp³-hybridized carbons (Fsp3) is 0. The summed E-state index contributed by atoms with van der Waals surface area (Å²) in [6.07, 6.45) is 0.977. The fourth-order valence-electron chi connectivity index (χ4n) is 2.08. The number of Topliss-reactive ketones (excluding diaryl/α,β-unsaturated/α-hetero) is 1. The Morgan fingerprint density at radius 2 is 1.50 bits per heavy atom. The highest BCUT2D eigenvalue weighted by molar-refractivity contribution is 9.10. The Kier molecular flexibility index (Phi) is 3.68. The van der Waals surface area contributed by atoms with Gasteiger partial charge in [0.05, 0.1) is 17.3 Å². The molecule has 6 heteroatoms. The van der Waals surface area contributed by atoms with Gasteiger partial charge in [-0.05, 0) is 36.4 Å². The minimum atomic E-state index is -0.527. The van der Waals surface area contributed by atoms with Crippen LogP contribution in [0, 0.1) is 0 Å². The minimum absolute atomic E-state index is 0.292. The Labute approximate surface area is 134 Å². The average Bonchev–Trinajstić information content (AvgIpc) is 2.78. The van der Waals surface area contributed by atoms with Gasteiger partial charge in [-0.1, -0.05) is 28.1 Å². The Morgan fingerprint density at radius 3 is 2.05 bits per heavy atom. The van der Waals surface area contributed by atoms with E-state index in [1.807, 2.05) is 0 Å². The molecule has 0 N–H and O–H groups in total. The van der Waals surface area contributed by atoms with Crippen molar-refractivity contribution in [3.8, 4) is 0 Å². The summed E-state index contributed by atoms with van der Waals surface area (Å²) in [4.78, 5) is 36.1. The van der Waals surface area contributed by atoms with E-state index in [-0.39, 0.29) is 5.78 Å². The number of hydrogen-bond donors (Lipinski definition) is 0. The molecule has 0 radical (unpaired) electrons. The van der Waals surface area contributed by atoms with Gasteiger partial charge in [0.2, 0.25) is 5.78 Å². The second kappa shape index (κ2) is 5.65. The van der Waals surface area contributed by atoms with Gasteiger partial charge in [-0.25, -0.2) is 0 Å². The van der Waals surface area contributed by atoms with Crippen molar-refractivity contribution >= 4 is 39.7 Å². The molecule has 5 nitrogen and oxygen atoms in total. The smallest absolute Gasteiger partial charge is 0.282 e. The third-order valence-corrected chi connectivity index (χ3v) is 3.72. The number of rotatable bonds is 3. The molecule has 2 aromatic carbocycles. The van der Waals surface area contributed by atoms with E-state index in [1.54, 1.807) is 48.5 Å². The summed E-state index contributed by atoms with van der Waals surface area (Å²) in [6.45, 7) is 0. The van der Waals surface area contributed by atoms with Gasteiger partial charge in [0.1, 0.15) is 0 Å². The summed E-state index contributed by atoms with van der Waals surface area (Å²) >= 11 is 3.28. The number of fused-ring (bicyclic) bond motifs is 1. The quantitative estimate of drug-likeness (QED) is 0.482. The van der Waals surface area contributed by atoms with E-state index in [1.165, 1.54) is 0 Å². The number of hydrazone groups is 1. The van der Waals surface area contributed by atoms with Crippen LogP contribution in [0.15, 0.2) is 58.1 Å². The van der Waals surface area contributed by atoms with Gasteiger partial charge >= 0.3 is 0 Å². The van der Waals surface area contributed by atoms with Crippen LogP contribution < -0.4 is 0 Å². The van der Waals surface area contributed by atoms with Crippen LogP contribution in [0.4, 0.5) is 0 Å². The van der Waals surface area contributed by atoms with E-state index in [0.717, 1.165) is 10.7 Å². The predicted molar refractivity (Wildman–Crippen MR) is 83.9 cm³/mol. The molecule has 0 saturated carbocycles. The lowest BCUT2D eigenvalue weighted by Crippen LogP contribution is -2.24. The van der Waals surface area contributed by atoms with Crippen LogP contribution in [0.25, 0.3) is 0 Å². The molecular formula is C16H9BrN2O3. The van der Waals surface area contributed by atoms with Gasteiger partial charge in [-0.15, -0.1) is 0 Å². The van der Waals surface area contributed by atoms with Crippen LogP contribution in [-0.2, 0) is 0 Å². The maximum atomic E-state index is 12.1. The Balaban J connectivity index is 1.82. The van der Waals surface area contributed by atoms with Crippen LogP contribution >= 0.6 is 15.9 Å². The average molecular weight is 357 g/mol. The lowest BCUT2D eigenvalue weighted by atomic mass is 10.1. The first kappa shape index (κ1) is 14.3. The van der Waals surface area contributed by atoms with Gasteiger partial charge in [0.15, 0.2) is 0 Å². The molecule has 108 valence electrons. The van der Waals surface area contributed by atoms with Crippen LogP contribution in [0.1, 0.15) is 31.1 Å². The molecule has 3 rings (SSSR count). The summed E-state index contributed by atoms with van der Waals surface area (Å²) in [7, 11) is 0. The highest BCUT2D eigenvalue weighted by atomic mass is 79.9. The van der Waals surface area contributed by atoms with Gasteiger partial charge in [-0.3, -0.25) is 14.4 Å². The zero-order chi connectivity index (χ0) is 15.7. The summed E-state index contributed by atoms with van der Waals surface area (Å²) in [6, 6.07) is 13.2. The maximum Gasteiger partial charge on any atom is 0.282 e. The van der Waals surface area contributed by atoms with E-state index in [0.29, 0.717) is 21.7 Å². The number of nitrogens with zero attached hydrogens (tertiary/aromatic N) is 2. The van der Waals surface area contributed by atoms with Crippen molar-refractivity contribution in [2.45, 2.75) is 0 Å². The van der Waals surface area contributed by atoms with Crippen molar-refractivity contribution in [3.05, 3.63) is 69.7 Å². The summed E-state index contributed by atoms with van der Waals surface area (Å²) in [5, 5.41) is 4.46. The summed E-state index contributed by atoms with van der Waals surface area (Å²) in [5.41, 5.74) is 1.00. The highest BCUT2D eigenvalue weighted by Gasteiger charge is 2.35. The van der Waals surface area contributed by atoms with Crippen molar-refractivity contribution in [3.63, 3.8) is 0 Å². The fourth-order valence-corrected chi connectivity index (χ4v) is 2.34. The summed E-state index contributed by atoms with van der Waals surface area (Å²) < 4.78 is 0.848. The number of amides is 2. The zero-order valence-electron chi connectivity index (χ0n) is 11.2. The van der Waals surface area contributed by atoms with E-state index in [2.05, 4.69) is 21.0 Å². The number of carbonyl (C=O) groups is 3. The highest BCUT2D eigenvalue weighted by Crippen LogP contribution is 2.22. The van der Waals surface area contributed by atoms with E-state index >= 15 is 0 Å². The molecule has 22 heavy (non-hydrogen) atoms. The summed E-state index contributed by atoms with van der Waals surface area (Å²) in [5.74, 6) is -1.44. The number of imide groups is 1. The molecule has 0 atom stereocenters. The largest absolute Gasteiger partial charge is 0.287 e. The van der Waals surface area contributed by atoms with Crippen LogP contribution in [0.3, 0.4) is 0 Å². The number of ketones is 1. The van der Waals surface area contributed by atoms with Crippen molar-refractivity contribution in [1.82, 2.24) is 5.01 Å². The van der Waals surface area contributed by atoms with Gasteiger partial charge < -0.3 is 0 Å². The topological polar surface area (TPSA) is 66.8 Å². The number of halogens is 1. The minimum Gasteiger partial charge on any atom is -0.287 e. The number of benzene rings is 2. The van der Waals surface area contributed by atoms with E-state index < -0.39 is 11.8 Å². The normalized spacial score (nSPS) is 13.8. The van der Waals surface area contributed by atoms with Crippen molar-refractivity contribution < 1.29 is 14.4 Å². The first-order chi connectivity index (χ1) is 10.6. The molecule has 1 aliphatic heterocycles. The third-order valence-electron chi connectivity index (χ3n) is 3.19.